The van der Waals surface area contributed by atoms with Crippen molar-refractivity contribution in [1.29, 1.82) is 0 Å². The lowest BCUT2D eigenvalue weighted by Gasteiger charge is -2.36. The summed E-state index contributed by atoms with van der Waals surface area (Å²) in [4.78, 5) is 39.4. The third kappa shape index (κ3) is 8.03. The summed E-state index contributed by atoms with van der Waals surface area (Å²) >= 11 is 0. The van der Waals surface area contributed by atoms with Crippen molar-refractivity contribution in [2.75, 3.05) is 33.4 Å². The average molecular weight is 472 g/mol. The smallest absolute Gasteiger partial charge is 0.383 e. The molecule has 1 aliphatic rings. The summed E-state index contributed by atoms with van der Waals surface area (Å²) in [6, 6.07) is 3.41. The number of amides is 3. The van der Waals surface area contributed by atoms with Gasteiger partial charge in [-0.1, -0.05) is 13.8 Å². The molecule has 0 saturated carbocycles. The van der Waals surface area contributed by atoms with E-state index in [1.807, 2.05) is 13.8 Å². The van der Waals surface area contributed by atoms with Crippen molar-refractivity contribution in [2.24, 2.45) is 11.8 Å². The summed E-state index contributed by atoms with van der Waals surface area (Å²) in [6.07, 6.45) is -3.20. The fourth-order valence-electron chi connectivity index (χ4n) is 3.81. The van der Waals surface area contributed by atoms with Crippen LogP contribution in [0.25, 0.3) is 0 Å². The number of likely N-dealkylation sites (tertiary alicyclic amines) is 1. The van der Waals surface area contributed by atoms with Crippen molar-refractivity contribution in [3.05, 3.63) is 35.4 Å². The lowest BCUT2D eigenvalue weighted by atomic mass is 9.88. The molecule has 1 aromatic rings. The second-order valence-corrected chi connectivity index (χ2v) is 8.63. The van der Waals surface area contributed by atoms with Crippen LogP contribution in [0.2, 0.25) is 0 Å². The summed E-state index contributed by atoms with van der Waals surface area (Å²) in [5, 5.41) is 5.60. The number of ether oxygens (including phenoxy) is 1. The fourth-order valence-corrected chi connectivity index (χ4v) is 3.81. The molecule has 0 radical (unpaired) electrons. The highest BCUT2D eigenvalue weighted by molar-refractivity contribution is 5.94. The van der Waals surface area contributed by atoms with Gasteiger partial charge in [0.25, 0.3) is 5.91 Å². The Bertz CT molecular complexity index is 804. The van der Waals surface area contributed by atoms with E-state index in [1.165, 1.54) is 19.2 Å². The number of alkyl halides is 3. The molecule has 1 atom stereocenters. The zero-order valence-corrected chi connectivity index (χ0v) is 19.2. The Labute approximate surface area is 192 Å². The molecule has 33 heavy (non-hydrogen) atoms. The summed E-state index contributed by atoms with van der Waals surface area (Å²) in [5.74, 6) is -0.880. The van der Waals surface area contributed by atoms with Crippen LogP contribution in [0.3, 0.4) is 0 Å². The van der Waals surface area contributed by atoms with E-state index in [0.29, 0.717) is 45.5 Å². The minimum Gasteiger partial charge on any atom is -0.383 e. The number of halogens is 3. The van der Waals surface area contributed by atoms with E-state index in [1.54, 1.807) is 4.90 Å². The molecule has 1 aromatic carbocycles. The van der Waals surface area contributed by atoms with Gasteiger partial charge in [-0.15, -0.1) is 0 Å². The largest absolute Gasteiger partial charge is 0.416 e. The van der Waals surface area contributed by atoms with Gasteiger partial charge < -0.3 is 20.3 Å². The second-order valence-electron chi connectivity index (χ2n) is 8.63. The first kappa shape index (κ1) is 26.6. The van der Waals surface area contributed by atoms with Crippen LogP contribution in [-0.2, 0) is 20.5 Å². The van der Waals surface area contributed by atoms with Gasteiger partial charge in [0.15, 0.2) is 0 Å². The first-order chi connectivity index (χ1) is 15.5. The number of rotatable bonds is 9. The van der Waals surface area contributed by atoms with Crippen LogP contribution in [-0.4, -0.2) is 62.0 Å². The molecule has 1 heterocycles. The molecule has 1 fully saturated rings. The van der Waals surface area contributed by atoms with Gasteiger partial charge in [-0.25, -0.2) is 0 Å². The van der Waals surface area contributed by atoms with Crippen molar-refractivity contribution >= 4 is 17.7 Å². The molecule has 0 bridgehead atoms. The Hall–Kier alpha value is -2.62. The van der Waals surface area contributed by atoms with E-state index in [-0.39, 0.29) is 35.1 Å². The Morgan fingerprint density at radius 2 is 1.73 bits per heavy atom. The van der Waals surface area contributed by atoms with Crippen molar-refractivity contribution in [3.63, 3.8) is 0 Å². The monoisotopic (exact) mass is 471 g/mol. The predicted molar refractivity (Wildman–Crippen MR) is 116 cm³/mol. The summed E-state index contributed by atoms with van der Waals surface area (Å²) in [7, 11) is 1.53. The quantitative estimate of drug-likeness (QED) is 0.543. The number of hydrogen-bond donors (Lipinski definition) is 2. The molecule has 2 N–H and O–H groups in total. The molecule has 0 aliphatic carbocycles. The second kappa shape index (κ2) is 12.0. The minimum atomic E-state index is -4.46. The molecule has 184 valence electrons. The number of piperidine rings is 1. The van der Waals surface area contributed by atoms with Crippen LogP contribution in [0.15, 0.2) is 24.3 Å². The number of hydrogen-bond acceptors (Lipinski definition) is 4. The zero-order valence-electron chi connectivity index (χ0n) is 19.2. The third-order valence-corrected chi connectivity index (χ3v) is 5.56. The van der Waals surface area contributed by atoms with Crippen LogP contribution in [0, 0.1) is 11.8 Å². The van der Waals surface area contributed by atoms with E-state index in [9.17, 15) is 27.6 Å². The van der Waals surface area contributed by atoms with E-state index in [0.717, 1.165) is 12.1 Å². The molecule has 1 saturated heterocycles. The minimum absolute atomic E-state index is 0.144. The standard InChI is InChI=1S/C23H32F3N3O4/c1-15(2)14-19(30)28-20(21(31)27-10-13-33-3)16-8-11-29(12-9-16)22(32)17-4-6-18(7-5-17)23(24,25)26/h4-7,15-16,20H,8-14H2,1-3H3,(H,27,31)(H,28,30). The molecular formula is C23H32F3N3O4. The van der Waals surface area contributed by atoms with Crippen molar-refractivity contribution in [1.82, 2.24) is 15.5 Å². The SMILES string of the molecule is COCCNC(=O)C(NC(=O)CC(C)C)C1CCN(C(=O)c2ccc(C(F)(F)F)cc2)CC1. The zero-order chi connectivity index (χ0) is 24.6. The number of nitrogens with one attached hydrogen (secondary N) is 2. The average Bonchev–Trinajstić information content (AvgIpc) is 2.76. The Balaban J connectivity index is 2.01. The maximum atomic E-state index is 12.8. The first-order valence-corrected chi connectivity index (χ1v) is 11.1. The lowest BCUT2D eigenvalue weighted by molar-refractivity contribution is -0.137. The van der Waals surface area contributed by atoms with Crippen molar-refractivity contribution < 1.29 is 32.3 Å². The molecule has 7 nitrogen and oxygen atoms in total. The van der Waals surface area contributed by atoms with Gasteiger partial charge in [-0.3, -0.25) is 14.4 Å². The van der Waals surface area contributed by atoms with Gasteiger partial charge in [0.1, 0.15) is 6.04 Å². The van der Waals surface area contributed by atoms with E-state index >= 15 is 0 Å². The highest BCUT2D eigenvalue weighted by atomic mass is 19.4. The van der Waals surface area contributed by atoms with Crippen LogP contribution in [0.5, 0.6) is 0 Å². The Kier molecular flexibility index (Phi) is 9.70. The maximum absolute atomic E-state index is 12.8. The summed E-state index contributed by atoms with van der Waals surface area (Å²) in [5.41, 5.74) is -0.627. The summed E-state index contributed by atoms with van der Waals surface area (Å²) < 4.78 is 43.2. The van der Waals surface area contributed by atoms with Gasteiger partial charge in [-0.05, 0) is 48.9 Å². The van der Waals surface area contributed by atoms with Crippen LogP contribution in [0.4, 0.5) is 13.2 Å². The highest BCUT2D eigenvalue weighted by Crippen LogP contribution is 2.29. The molecular weight excluding hydrogens is 439 g/mol. The summed E-state index contributed by atoms with van der Waals surface area (Å²) in [6.45, 7) is 5.17. The molecule has 1 unspecified atom stereocenters. The lowest BCUT2D eigenvalue weighted by Crippen LogP contribution is -2.54. The molecule has 1 aliphatic heterocycles. The Morgan fingerprint density at radius 3 is 2.24 bits per heavy atom. The van der Waals surface area contributed by atoms with Gasteiger partial charge >= 0.3 is 6.18 Å². The first-order valence-electron chi connectivity index (χ1n) is 11.1. The van der Waals surface area contributed by atoms with Gasteiger partial charge in [0, 0.05) is 38.7 Å². The topological polar surface area (TPSA) is 87.7 Å². The van der Waals surface area contributed by atoms with Gasteiger partial charge in [-0.2, -0.15) is 13.2 Å². The number of benzene rings is 1. The van der Waals surface area contributed by atoms with E-state index in [2.05, 4.69) is 10.6 Å². The van der Waals surface area contributed by atoms with E-state index < -0.39 is 17.8 Å². The number of carbonyl (C=O) groups excluding carboxylic acids is 3. The highest BCUT2D eigenvalue weighted by Gasteiger charge is 2.34. The predicted octanol–water partition coefficient (Wildman–Crippen LogP) is 2.85. The fraction of sp³-hybridized carbons (Fsp3) is 0.609. The molecule has 2 rings (SSSR count). The number of nitrogens with zero attached hydrogens (tertiary/aromatic N) is 1. The van der Waals surface area contributed by atoms with E-state index in [4.69, 9.17) is 4.74 Å². The molecule has 3 amide bonds. The third-order valence-electron chi connectivity index (χ3n) is 5.56. The number of carbonyl (C=O) groups is 3. The van der Waals surface area contributed by atoms with Gasteiger partial charge in [0.05, 0.1) is 12.2 Å². The van der Waals surface area contributed by atoms with Crippen molar-refractivity contribution in [3.8, 4) is 0 Å². The van der Waals surface area contributed by atoms with Gasteiger partial charge in [0.2, 0.25) is 11.8 Å². The molecule has 10 heteroatoms. The normalized spacial score (nSPS) is 15.9. The number of methoxy groups -OCH3 is 1. The van der Waals surface area contributed by atoms with Crippen LogP contribution in [0.1, 0.15) is 49.0 Å². The molecule has 0 spiro atoms. The van der Waals surface area contributed by atoms with Crippen molar-refractivity contribution in [2.45, 2.75) is 45.3 Å². The molecule has 0 aromatic heterocycles. The van der Waals surface area contributed by atoms with Crippen LogP contribution >= 0.6 is 0 Å². The van der Waals surface area contributed by atoms with Crippen LogP contribution < -0.4 is 10.6 Å². The Morgan fingerprint density at radius 1 is 1.12 bits per heavy atom. The maximum Gasteiger partial charge on any atom is 0.416 e.